The number of aromatic nitrogens is 2. The monoisotopic (exact) mass is 438 g/mol. The number of benzene rings is 1. The molecular formula is C23H26N4O3S. The molecule has 3 heterocycles. The molecule has 0 spiro atoms. The Morgan fingerprint density at radius 2 is 1.97 bits per heavy atom. The van der Waals surface area contributed by atoms with Gasteiger partial charge in [0.05, 0.1) is 18.4 Å². The summed E-state index contributed by atoms with van der Waals surface area (Å²) in [4.78, 5) is 21.9. The Labute approximate surface area is 186 Å². The van der Waals surface area contributed by atoms with Gasteiger partial charge in [0.25, 0.3) is 5.91 Å². The van der Waals surface area contributed by atoms with Crippen molar-refractivity contribution in [2.45, 2.75) is 24.6 Å². The Morgan fingerprint density at radius 3 is 2.68 bits per heavy atom. The number of amides is 1. The Morgan fingerprint density at radius 1 is 1.16 bits per heavy atom. The molecule has 2 aromatic heterocycles. The molecule has 162 valence electrons. The number of aryl methyl sites for hydroxylation is 2. The quantitative estimate of drug-likeness (QED) is 0.540. The maximum absolute atomic E-state index is 13.3. The van der Waals surface area contributed by atoms with Crippen molar-refractivity contribution in [3.63, 3.8) is 0 Å². The van der Waals surface area contributed by atoms with Gasteiger partial charge in [-0.2, -0.15) is 0 Å². The van der Waals surface area contributed by atoms with Gasteiger partial charge < -0.3 is 19.1 Å². The van der Waals surface area contributed by atoms with E-state index in [1.165, 1.54) is 0 Å². The van der Waals surface area contributed by atoms with Crippen LogP contribution in [0.3, 0.4) is 0 Å². The van der Waals surface area contributed by atoms with E-state index in [0.717, 1.165) is 46.6 Å². The van der Waals surface area contributed by atoms with Crippen LogP contribution < -0.4 is 9.64 Å². The van der Waals surface area contributed by atoms with Crippen molar-refractivity contribution in [2.75, 3.05) is 38.2 Å². The van der Waals surface area contributed by atoms with E-state index >= 15 is 0 Å². The fraction of sp³-hybridized carbons (Fsp3) is 0.348. The van der Waals surface area contributed by atoms with Crippen LogP contribution in [0.2, 0.25) is 0 Å². The highest BCUT2D eigenvalue weighted by Gasteiger charge is 2.25. The first-order chi connectivity index (χ1) is 15.1. The van der Waals surface area contributed by atoms with Crippen LogP contribution >= 0.6 is 11.8 Å². The van der Waals surface area contributed by atoms with E-state index in [0.29, 0.717) is 24.4 Å². The summed E-state index contributed by atoms with van der Waals surface area (Å²) in [5.41, 5.74) is 3.70. The Bertz CT molecular complexity index is 1040. The number of hydrogen-bond donors (Lipinski definition) is 0. The largest absolute Gasteiger partial charge is 0.497 e. The first kappa shape index (κ1) is 21.2. The van der Waals surface area contributed by atoms with Crippen molar-refractivity contribution >= 4 is 23.4 Å². The fourth-order valence-corrected chi connectivity index (χ4v) is 4.80. The molecular weight excluding hydrogens is 412 g/mol. The third-order valence-electron chi connectivity index (χ3n) is 5.52. The lowest BCUT2D eigenvalue weighted by Gasteiger charge is -2.36. The van der Waals surface area contributed by atoms with E-state index in [2.05, 4.69) is 21.1 Å². The maximum Gasteiger partial charge on any atom is 0.256 e. The minimum absolute atomic E-state index is 0.0275. The molecule has 0 saturated carbocycles. The van der Waals surface area contributed by atoms with Crippen LogP contribution in [0.4, 0.5) is 5.69 Å². The highest BCUT2D eigenvalue weighted by molar-refractivity contribution is 7.98. The number of nitrogens with zero attached hydrogens (tertiary/aromatic N) is 4. The molecule has 0 aliphatic carbocycles. The molecule has 1 amide bonds. The van der Waals surface area contributed by atoms with Gasteiger partial charge in [-0.05, 0) is 38.1 Å². The zero-order chi connectivity index (χ0) is 21.8. The van der Waals surface area contributed by atoms with Gasteiger partial charge in [-0.1, -0.05) is 11.2 Å². The summed E-state index contributed by atoms with van der Waals surface area (Å²) in [6.07, 6.45) is 1.73. The van der Waals surface area contributed by atoms with Crippen LogP contribution in [0, 0.1) is 13.8 Å². The molecule has 0 N–H and O–H groups in total. The summed E-state index contributed by atoms with van der Waals surface area (Å²) in [7, 11) is 1.67. The molecule has 0 bridgehead atoms. The highest BCUT2D eigenvalue weighted by atomic mass is 32.2. The molecule has 1 saturated heterocycles. The molecule has 8 heteroatoms. The zero-order valence-electron chi connectivity index (χ0n) is 18.0. The van der Waals surface area contributed by atoms with Crippen molar-refractivity contribution in [1.82, 2.24) is 15.0 Å². The van der Waals surface area contributed by atoms with Gasteiger partial charge in [-0.3, -0.25) is 4.79 Å². The number of pyridine rings is 1. The van der Waals surface area contributed by atoms with Gasteiger partial charge in [0, 0.05) is 55.4 Å². The van der Waals surface area contributed by atoms with Crippen molar-refractivity contribution in [3.8, 4) is 5.75 Å². The molecule has 1 aliphatic rings. The topological polar surface area (TPSA) is 71.7 Å². The highest BCUT2D eigenvalue weighted by Crippen LogP contribution is 2.28. The maximum atomic E-state index is 13.3. The number of carbonyl (C=O) groups is 1. The number of hydrogen-bond acceptors (Lipinski definition) is 7. The number of piperazine rings is 1. The van der Waals surface area contributed by atoms with Crippen LogP contribution in [0.1, 0.15) is 27.4 Å². The second-order valence-corrected chi connectivity index (χ2v) is 8.39. The van der Waals surface area contributed by atoms with E-state index in [9.17, 15) is 4.79 Å². The zero-order valence-corrected chi connectivity index (χ0v) is 18.8. The van der Waals surface area contributed by atoms with E-state index in [1.54, 1.807) is 25.1 Å². The molecule has 0 atom stereocenters. The normalized spacial score (nSPS) is 14.0. The second kappa shape index (κ2) is 9.43. The van der Waals surface area contributed by atoms with E-state index in [4.69, 9.17) is 9.26 Å². The Hall–Kier alpha value is -3.00. The van der Waals surface area contributed by atoms with Crippen LogP contribution in [0.15, 0.2) is 52.1 Å². The molecule has 31 heavy (non-hydrogen) atoms. The van der Waals surface area contributed by atoms with E-state index < -0.39 is 0 Å². The Balaban J connectivity index is 1.42. The molecule has 7 nitrogen and oxygen atoms in total. The Kier molecular flexibility index (Phi) is 6.46. The first-order valence-corrected chi connectivity index (χ1v) is 11.2. The minimum atomic E-state index is 0.0275. The smallest absolute Gasteiger partial charge is 0.256 e. The molecule has 0 radical (unpaired) electrons. The average molecular weight is 439 g/mol. The standard InChI is InChI=1S/C23H26N4O3S/c1-16-21(17(2)30-25-16)15-31-22-20(8-5-9-24-22)23(28)27-12-10-26(11-13-27)18-6-4-7-19(14-18)29-3/h4-9,14H,10-13,15H2,1-3H3. The lowest BCUT2D eigenvalue weighted by atomic mass is 10.2. The van der Waals surface area contributed by atoms with E-state index in [-0.39, 0.29) is 5.91 Å². The summed E-state index contributed by atoms with van der Waals surface area (Å²) in [5, 5.41) is 4.74. The number of methoxy groups -OCH3 is 1. The summed E-state index contributed by atoms with van der Waals surface area (Å²) in [6, 6.07) is 11.7. The number of rotatable bonds is 6. The summed E-state index contributed by atoms with van der Waals surface area (Å²) in [6.45, 7) is 6.72. The van der Waals surface area contributed by atoms with E-state index in [1.807, 2.05) is 49.1 Å². The average Bonchev–Trinajstić information content (AvgIpc) is 3.14. The molecule has 3 aromatic rings. The SMILES string of the molecule is COc1cccc(N2CCN(C(=O)c3cccnc3SCc3c(C)noc3C)CC2)c1. The number of carbonyl (C=O) groups excluding carboxylic acids is 1. The number of anilines is 1. The second-order valence-electron chi connectivity index (χ2n) is 7.43. The summed E-state index contributed by atoms with van der Waals surface area (Å²) >= 11 is 1.54. The van der Waals surface area contributed by atoms with Gasteiger partial charge in [-0.25, -0.2) is 4.98 Å². The van der Waals surface area contributed by atoms with Crippen LogP contribution in [-0.4, -0.2) is 54.2 Å². The fourth-order valence-electron chi connectivity index (χ4n) is 3.66. The van der Waals surface area contributed by atoms with Crippen molar-refractivity contribution in [3.05, 3.63) is 65.2 Å². The lowest BCUT2D eigenvalue weighted by molar-refractivity contribution is 0.0742. The van der Waals surface area contributed by atoms with Gasteiger partial charge in [-0.15, -0.1) is 11.8 Å². The van der Waals surface area contributed by atoms with Gasteiger partial charge in [0.15, 0.2) is 0 Å². The molecule has 4 rings (SSSR count). The molecule has 1 fully saturated rings. The van der Waals surface area contributed by atoms with Gasteiger partial charge in [0.2, 0.25) is 0 Å². The minimum Gasteiger partial charge on any atom is -0.497 e. The van der Waals surface area contributed by atoms with Gasteiger partial charge in [0.1, 0.15) is 16.5 Å². The predicted octanol–water partition coefficient (Wildman–Crippen LogP) is 3.95. The number of thioether (sulfide) groups is 1. The van der Waals surface area contributed by atoms with Crippen LogP contribution in [-0.2, 0) is 5.75 Å². The van der Waals surface area contributed by atoms with Crippen LogP contribution in [0.25, 0.3) is 0 Å². The predicted molar refractivity (Wildman–Crippen MR) is 121 cm³/mol. The number of ether oxygens (including phenoxy) is 1. The molecule has 1 aromatic carbocycles. The molecule has 1 aliphatic heterocycles. The molecule has 0 unspecified atom stereocenters. The third-order valence-corrected chi connectivity index (χ3v) is 6.55. The summed E-state index contributed by atoms with van der Waals surface area (Å²) < 4.78 is 10.6. The van der Waals surface area contributed by atoms with Crippen molar-refractivity contribution < 1.29 is 14.1 Å². The van der Waals surface area contributed by atoms with Gasteiger partial charge >= 0.3 is 0 Å². The van der Waals surface area contributed by atoms with Crippen LogP contribution in [0.5, 0.6) is 5.75 Å². The summed E-state index contributed by atoms with van der Waals surface area (Å²) in [5.74, 6) is 2.34. The van der Waals surface area contributed by atoms with Crippen molar-refractivity contribution in [2.24, 2.45) is 0 Å². The first-order valence-electron chi connectivity index (χ1n) is 10.2. The third kappa shape index (κ3) is 4.69. The lowest BCUT2D eigenvalue weighted by Crippen LogP contribution is -2.48. The van der Waals surface area contributed by atoms with Crippen molar-refractivity contribution in [1.29, 1.82) is 0 Å².